The molecule has 94 valence electrons. The van der Waals surface area contributed by atoms with Crippen LogP contribution >= 0.6 is 15.9 Å². The first kappa shape index (κ1) is 14.1. The van der Waals surface area contributed by atoms with Crippen LogP contribution in [0, 0.1) is 5.82 Å². The van der Waals surface area contributed by atoms with E-state index in [-0.39, 0.29) is 11.7 Å². The maximum absolute atomic E-state index is 13.0. The molecule has 2 N–H and O–H groups in total. The summed E-state index contributed by atoms with van der Waals surface area (Å²) >= 11 is 3.32. The van der Waals surface area contributed by atoms with Gasteiger partial charge in [0, 0.05) is 17.4 Å². The number of amides is 1. The number of rotatable bonds is 6. The molecule has 0 heterocycles. The monoisotopic (exact) mass is 302 g/mol. The maximum atomic E-state index is 13.0. The molecule has 0 atom stereocenters. The van der Waals surface area contributed by atoms with Crippen molar-refractivity contribution in [3.8, 4) is 0 Å². The Hall–Kier alpha value is -0.940. The summed E-state index contributed by atoms with van der Waals surface area (Å²) in [6, 6.07) is 4.43. The summed E-state index contributed by atoms with van der Waals surface area (Å²) in [6.07, 6.45) is 1.28. The van der Waals surface area contributed by atoms with E-state index in [9.17, 15) is 9.18 Å². The lowest BCUT2D eigenvalue weighted by molar-refractivity contribution is -0.121. The second-order valence-electron chi connectivity index (χ2n) is 3.72. The minimum Gasteiger partial charge on any atom is -0.352 e. The zero-order valence-electron chi connectivity index (χ0n) is 9.72. The molecule has 1 aromatic carbocycles. The van der Waals surface area contributed by atoms with Gasteiger partial charge in [0.15, 0.2) is 0 Å². The van der Waals surface area contributed by atoms with Crippen LogP contribution < -0.4 is 10.6 Å². The van der Waals surface area contributed by atoms with E-state index in [1.165, 1.54) is 12.1 Å². The summed E-state index contributed by atoms with van der Waals surface area (Å²) in [5.74, 6) is -0.316. The fraction of sp³-hybridized carbons (Fsp3) is 0.417. The van der Waals surface area contributed by atoms with Gasteiger partial charge >= 0.3 is 0 Å². The Balaban J connectivity index is 2.39. The number of halogens is 2. The Labute approximate surface area is 109 Å². The SMILES string of the molecule is CNCCCC(=O)NCc1cc(F)ccc1Br. The lowest BCUT2D eigenvalue weighted by Crippen LogP contribution is -2.23. The Kier molecular flexibility index (Phi) is 6.15. The molecule has 1 rings (SSSR count). The van der Waals surface area contributed by atoms with Gasteiger partial charge in [-0.05, 0) is 43.8 Å². The van der Waals surface area contributed by atoms with Crippen molar-refractivity contribution < 1.29 is 9.18 Å². The van der Waals surface area contributed by atoms with Crippen molar-refractivity contribution in [1.82, 2.24) is 10.6 Å². The summed E-state index contributed by atoms with van der Waals surface area (Å²) in [6.45, 7) is 1.16. The zero-order chi connectivity index (χ0) is 12.7. The van der Waals surface area contributed by atoms with Crippen LogP contribution in [0.3, 0.4) is 0 Å². The van der Waals surface area contributed by atoms with Crippen molar-refractivity contribution in [2.75, 3.05) is 13.6 Å². The van der Waals surface area contributed by atoms with E-state index in [1.807, 2.05) is 7.05 Å². The highest BCUT2D eigenvalue weighted by atomic mass is 79.9. The van der Waals surface area contributed by atoms with Gasteiger partial charge in [0.2, 0.25) is 5.91 Å². The normalized spacial score (nSPS) is 10.3. The molecule has 0 saturated carbocycles. The van der Waals surface area contributed by atoms with Gasteiger partial charge in [0.05, 0.1) is 0 Å². The van der Waals surface area contributed by atoms with Crippen LogP contribution in [0.4, 0.5) is 4.39 Å². The Bertz CT molecular complexity index is 385. The molecule has 0 unspecified atom stereocenters. The minimum atomic E-state index is -0.298. The van der Waals surface area contributed by atoms with Gasteiger partial charge in [-0.3, -0.25) is 4.79 Å². The van der Waals surface area contributed by atoms with E-state index in [0.717, 1.165) is 23.0 Å². The van der Waals surface area contributed by atoms with E-state index < -0.39 is 0 Å². The van der Waals surface area contributed by atoms with Crippen molar-refractivity contribution in [3.05, 3.63) is 34.1 Å². The second-order valence-corrected chi connectivity index (χ2v) is 4.57. The number of nitrogens with one attached hydrogen (secondary N) is 2. The molecule has 1 aromatic rings. The third-order valence-electron chi connectivity index (χ3n) is 2.31. The van der Waals surface area contributed by atoms with Crippen molar-refractivity contribution in [2.45, 2.75) is 19.4 Å². The van der Waals surface area contributed by atoms with Crippen LogP contribution in [0.15, 0.2) is 22.7 Å². The Morgan fingerprint density at radius 2 is 2.24 bits per heavy atom. The predicted octanol–water partition coefficient (Wildman–Crippen LogP) is 2.20. The highest BCUT2D eigenvalue weighted by Crippen LogP contribution is 2.17. The Morgan fingerprint density at radius 3 is 2.94 bits per heavy atom. The topological polar surface area (TPSA) is 41.1 Å². The highest BCUT2D eigenvalue weighted by Gasteiger charge is 2.04. The van der Waals surface area contributed by atoms with Crippen LogP contribution in [0.2, 0.25) is 0 Å². The van der Waals surface area contributed by atoms with E-state index in [4.69, 9.17) is 0 Å². The maximum Gasteiger partial charge on any atom is 0.220 e. The molecule has 0 aliphatic rings. The third kappa shape index (κ3) is 5.28. The largest absolute Gasteiger partial charge is 0.352 e. The fourth-order valence-electron chi connectivity index (χ4n) is 1.39. The van der Waals surface area contributed by atoms with Gasteiger partial charge in [-0.15, -0.1) is 0 Å². The molecule has 0 fully saturated rings. The van der Waals surface area contributed by atoms with Crippen LogP contribution in [0.25, 0.3) is 0 Å². The number of benzene rings is 1. The average molecular weight is 303 g/mol. The summed E-state index contributed by atoms with van der Waals surface area (Å²) in [4.78, 5) is 11.4. The summed E-state index contributed by atoms with van der Waals surface area (Å²) < 4.78 is 13.8. The number of carbonyl (C=O) groups excluding carboxylic acids is 1. The van der Waals surface area contributed by atoms with Crippen molar-refractivity contribution in [3.63, 3.8) is 0 Å². The molecule has 0 radical (unpaired) electrons. The van der Waals surface area contributed by atoms with Gasteiger partial charge in [0.25, 0.3) is 0 Å². The van der Waals surface area contributed by atoms with Gasteiger partial charge < -0.3 is 10.6 Å². The van der Waals surface area contributed by atoms with Crippen LogP contribution in [0.5, 0.6) is 0 Å². The molecule has 0 spiro atoms. The lowest BCUT2D eigenvalue weighted by atomic mass is 10.2. The van der Waals surface area contributed by atoms with E-state index in [1.54, 1.807) is 6.07 Å². The van der Waals surface area contributed by atoms with Crippen LogP contribution in [0.1, 0.15) is 18.4 Å². The quantitative estimate of drug-likeness (QED) is 0.791. The van der Waals surface area contributed by atoms with Gasteiger partial charge in [0.1, 0.15) is 5.82 Å². The minimum absolute atomic E-state index is 0.0172. The molecule has 5 heteroatoms. The number of hydrogen-bond acceptors (Lipinski definition) is 2. The van der Waals surface area contributed by atoms with E-state index in [2.05, 4.69) is 26.6 Å². The molecule has 1 amide bonds. The van der Waals surface area contributed by atoms with Gasteiger partial charge in [-0.2, -0.15) is 0 Å². The first-order chi connectivity index (χ1) is 8.13. The molecule has 0 aliphatic carbocycles. The fourth-order valence-corrected chi connectivity index (χ4v) is 1.77. The molecule has 0 aromatic heterocycles. The molecule has 0 bridgehead atoms. The van der Waals surface area contributed by atoms with Gasteiger partial charge in [-0.25, -0.2) is 4.39 Å². The van der Waals surface area contributed by atoms with Crippen LogP contribution in [-0.2, 0) is 11.3 Å². The van der Waals surface area contributed by atoms with Crippen molar-refractivity contribution >= 4 is 21.8 Å². The summed E-state index contributed by atoms with van der Waals surface area (Å²) in [7, 11) is 1.85. The summed E-state index contributed by atoms with van der Waals surface area (Å²) in [5.41, 5.74) is 0.743. The number of carbonyl (C=O) groups is 1. The Morgan fingerprint density at radius 1 is 1.47 bits per heavy atom. The standard InChI is InChI=1S/C12H16BrFN2O/c1-15-6-2-3-12(17)16-8-9-7-10(14)4-5-11(9)13/h4-5,7,15H,2-3,6,8H2,1H3,(H,16,17). The van der Waals surface area contributed by atoms with Gasteiger partial charge in [-0.1, -0.05) is 15.9 Å². The predicted molar refractivity (Wildman–Crippen MR) is 69.1 cm³/mol. The molecule has 0 aliphatic heterocycles. The third-order valence-corrected chi connectivity index (χ3v) is 3.09. The first-order valence-corrected chi connectivity index (χ1v) is 6.28. The molecule has 0 saturated heterocycles. The van der Waals surface area contributed by atoms with Crippen LogP contribution in [-0.4, -0.2) is 19.5 Å². The smallest absolute Gasteiger partial charge is 0.220 e. The molecular weight excluding hydrogens is 287 g/mol. The van der Waals surface area contributed by atoms with E-state index in [0.29, 0.717) is 13.0 Å². The average Bonchev–Trinajstić information content (AvgIpc) is 2.31. The number of hydrogen-bond donors (Lipinski definition) is 2. The molecular formula is C12H16BrFN2O. The second kappa shape index (κ2) is 7.40. The van der Waals surface area contributed by atoms with Crippen molar-refractivity contribution in [2.24, 2.45) is 0 Å². The zero-order valence-corrected chi connectivity index (χ0v) is 11.3. The highest BCUT2D eigenvalue weighted by molar-refractivity contribution is 9.10. The lowest BCUT2D eigenvalue weighted by Gasteiger charge is -2.07. The molecule has 3 nitrogen and oxygen atoms in total. The first-order valence-electron chi connectivity index (χ1n) is 5.48. The van der Waals surface area contributed by atoms with E-state index >= 15 is 0 Å². The van der Waals surface area contributed by atoms with Crippen molar-refractivity contribution in [1.29, 1.82) is 0 Å². The summed E-state index contributed by atoms with van der Waals surface area (Å²) in [5, 5.41) is 5.74. The molecule has 17 heavy (non-hydrogen) atoms.